The fraction of sp³-hybridized carbons (Fsp3) is 0.412. The third-order valence-electron chi connectivity index (χ3n) is 8.20. The molecule has 0 amide bonds. The zero-order chi connectivity index (χ0) is 27.0. The molecule has 5 heteroatoms. The second-order valence-corrected chi connectivity index (χ2v) is 11.7. The minimum Gasteiger partial charge on any atom is -0.489 e. The van der Waals surface area contributed by atoms with E-state index in [0.29, 0.717) is 13.2 Å². The lowest BCUT2D eigenvalue weighted by atomic mass is 9.78. The van der Waals surface area contributed by atoms with E-state index in [1.807, 2.05) is 30.3 Å². The molecule has 0 unspecified atom stereocenters. The van der Waals surface area contributed by atoms with Crippen molar-refractivity contribution < 1.29 is 18.9 Å². The maximum atomic E-state index is 6.05. The van der Waals surface area contributed by atoms with Crippen LogP contribution in [0.4, 0.5) is 0 Å². The van der Waals surface area contributed by atoms with Crippen molar-refractivity contribution in [1.29, 1.82) is 0 Å². The van der Waals surface area contributed by atoms with Crippen LogP contribution in [0.25, 0.3) is 5.57 Å². The second-order valence-electron chi connectivity index (χ2n) is 10.8. The van der Waals surface area contributed by atoms with Gasteiger partial charge in [-0.05, 0) is 66.3 Å². The van der Waals surface area contributed by atoms with Crippen molar-refractivity contribution >= 4 is 21.5 Å². The standard InChI is InChI=1S/C34H39BrO4/c1-36-33(37-2)20-26-12-10-24(11-13-26)8-9-25-14-16-28(17-15-25)34-30-19-18-29(21-32(30)39-23-31(34)35)38-22-27-6-4-3-5-7-27/h3-7,14-19,21,24,26,33H,8-13,20,22-23H2,1-2H3. The van der Waals surface area contributed by atoms with Crippen molar-refractivity contribution in [3.05, 3.63) is 99.5 Å². The molecular weight excluding hydrogens is 552 g/mol. The highest BCUT2D eigenvalue weighted by atomic mass is 79.9. The van der Waals surface area contributed by atoms with Crippen LogP contribution in [-0.4, -0.2) is 27.1 Å². The smallest absolute Gasteiger partial charge is 0.157 e. The highest BCUT2D eigenvalue weighted by Gasteiger charge is 2.24. The summed E-state index contributed by atoms with van der Waals surface area (Å²) in [5.74, 6) is 3.23. The number of benzene rings is 3. The number of methoxy groups -OCH3 is 2. The Labute approximate surface area is 241 Å². The molecule has 1 fully saturated rings. The van der Waals surface area contributed by atoms with E-state index in [9.17, 15) is 0 Å². The van der Waals surface area contributed by atoms with Gasteiger partial charge in [0.05, 0.1) is 0 Å². The first-order valence-electron chi connectivity index (χ1n) is 14.1. The van der Waals surface area contributed by atoms with Crippen LogP contribution in [0, 0.1) is 11.8 Å². The minimum absolute atomic E-state index is 0.0575. The van der Waals surface area contributed by atoms with Gasteiger partial charge >= 0.3 is 0 Å². The van der Waals surface area contributed by atoms with Crippen molar-refractivity contribution in [2.75, 3.05) is 20.8 Å². The molecule has 0 saturated heterocycles. The summed E-state index contributed by atoms with van der Waals surface area (Å²) in [6.07, 6.45) is 8.56. The Bertz CT molecular complexity index is 1230. The molecule has 206 valence electrons. The Balaban J connectivity index is 1.17. The molecule has 39 heavy (non-hydrogen) atoms. The van der Waals surface area contributed by atoms with Gasteiger partial charge < -0.3 is 18.9 Å². The zero-order valence-electron chi connectivity index (χ0n) is 23.0. The molecule has 1 heterocycles. The van der Waals surface area contributed by atoms with E-state index in [1.165, 1.54) is 48.8 Å². The number of fused-ring (bicyclic) bond motifs is 1. The molecule has 0 radical (unpaired) electrons. The molecule has 1 aliphatic carbocycles. The van der Waals surface area contributed by atoms with E-state index >= 15 is 0 Å². The molecule has 2 aliphatic rings. The summed E-state index contributed by atoms with van der Waals surface area (Å²) in [5, 5.41) is 0. The van der Waals surface area contributed by atoms with E-state index in [-0.39, 0.29) is 6.29 Å². The lowest BCUT2D eigenvalue weighted by Gasteiger charge is -2.30. The minimum atomic E-state index is -0.0575. The molecule has 0 N–H and O–H groups in total. The van der Waals surface area contributed by atoms with Crippen molar-refractivity contribution in [2.45, 2.75) is 57.8 Å². The van der Waals surface area contributed by atoms with Crippen LogP contribution in [0.3, 0.4) is 0 Å². The molecule has 1 aliphatic heterocycles. The zero-order valence-corrected chi connectivity index (χ0v) is 24.6. The Morgan fingerprint density at radius 1 is 0.846 bits per heavy atom. The van der Waals surface area contributed by atoms with Gasteiger partial charge in [-0.2, -0.15) is 0 Å². The molecule has 3 aromatic rings. The van der Waals surface area contributed by atoms with Gasteiger partial charge in [0.25, 0.3) is 0 Å². The monoisotopic (exact) mass is 590 g/mol. The van der Waals surface area contributed by atoms with Gasteiger partial charge in [0.15, 0.2) is 6.29 Å². The number of aryl methyl sites for hydroxylation is 1. The summed E-state index contributed by atoms with van der Waals surface area (Å²) >= 11 is 3.78. The summed E-state index contributed by atoms with van der Waals surface area (Å²) in [5.41, 5.74) is 6.05. The summed E-state index contributed by atoms with van der Waals surface area (Å²) in [7, 11) is 3.47. The SMILES string of the molecule is COC(CC1CCC(CCc2ccc(C3=C(Br)COc4cc(OCc5ccccc5)ccc43)cc2)CC1)OC. The molecule has 3 aromatic carbocycles. The number of hydrogen-bond donors (Lipinski definition) is 0. The Hall–Kier alpha value is -2.60. The Kier molecular flexibility index (Phi) is 9.78. The predicted octanol–water partition coefficient (Wildman–Crippen LogP) is 8.56. The fourth-order valence-corrected chi connectivity index (χ4v) is 6.41. The summed E-state index contributed by atoms with van der Waals surface area (Å²) in [4.78, 5) is 0. The van der Waals surface area contributed by atoms with Crippen LogP contribution in [0.5, 0.6) is 11.5 Å². The van der Waals surface area contributed by atoms with Gasteiger partial charge in [-0.15, -0.1) is 0 Å². The van der Waals surface area contributed by atoms with Crippen molar-refractivity contribution in [1.82, 2.24) is 0 Å². The van der Waals surface area contributed by atoms with Crippen LogP contribution in [-0.2, 0) is 22.5 Å². The summed E-state index contributed by atoms with van der Waals surface area (Å²) in [6.45, 7) is 1.06. The predicted molar refractivity (Wildman–Crippen MR) is 160 cm³/mol. The van der Waals surface area contributed by atoms with Crippen molar-refractivity contribution in [2.24, 2.45) is 11.8 Å². The molecule has 0 bridgehead atoms. The fourth-order valence-electron chi connectivity index (χ4n) is 5.86. The van der Waals surface area contributed by atoms with Gasteiger partial charge in [0, 0.05) is 42.3 Å². The largest absolute Gasteiger partial charge is 0.489 e. The van der Waals surface area contributed by atoms with E-state index in [1.54, 1.807) is 14.2 Å². The van der Waals surface area contributed by atoms with E-state index in [2.05, 4.69) is 58.4 Å². The van der Waals surface area contributed by atoms with Crippen LogP contribution in [0.2, 0.25) is 0 Å². The summed E-state index contributed by atoms with van der Waals surface area (Å²) in [6, 6.07) is 25.5. The van der Waals surface area contributed by atoms with Crippen LogP contribution in [0.15, 0.2) is 77.3 Å². The first kappa shape index (κ1) is 27.9. The third kappa shape index (κ3) is 7.33. The lowest BCUT2D eigenvalue weighted by molar-refractivity contribution is -0.116. The van der Waals surface area contributed by atoms with Crippen LogP contribution < -0.4 is 9.47 Å². The molecule has 4 nitrogen and oxygen atoms in total. The van der Waals surface area contributed by atoms with Crippen molar-refractivity contribution in [3.8, 4) is 11.5 Å². The molecule has 1 saturated carbocycles. The Morgan fingerprint density at radius 2 is 1.56 bits per heavy atom. The number of hydrogen-bond acceptors (Lipinski definition) is 4. The van der Waals surface area contributed by atoms with Gasteiger partial charge in [0.1, 0.15) is 24.7 Å². The molecule has 0 atom stereocenters. The highest BCUT2D eigenvalue weighted by Crippen LogP contribution is 2.41. The van der Waals surface area contributed by atoms with Gasteiger partial charge in [-0.1, -0.05) is 83.4 Å². The normalized spacial score (nSPS) is 19.1. The van der Waals surface area contributed by atoms with E-state index in [4.69, 9.17) is 18.9 Å². The maximum Gasteiger partial charge on any atom is 0.157 e. The maximum absolute atomic E-state index is 6.05. The average Bonchev–Trinajstić information content (AvgIpc) is 2.99. The van der Waals surface area contributed by atoms with Gasteiger partial charge in [0.2, 0.25) is 0 Å². The number of rotatable bonds is 11. The number of ether oxygens (including phenoxy) is 4. The molecule has 0 aromatic heterocycles. The first-order chi connectivity index (χ1) is 19.1. The van der Waals surface area contributed by atoms with Crippen LogP contribution >= 0.6 is 15.9 Å². The number of halogens is 1. The van der Waals surface area contributed by atoms with Crippen LogP contribution in [0.1, 0.15) is 60.8 Å². The molecule has 5 rings (SSSR count). The lowest BCUT2D eigenvalue weighted by Crippen LogP contribution is -2.22. The average molecular weight is 592 g/mol. The quantitative estimate of drug-likeness (QED) is 0.210. The molecular formula is C34H39BrO4. The van der Waals surface area contributed by atoms with E-state index in [0.717, 1.165) is 51.8 Å². The molecule has 0 spiro atoms. The Morgan fingerprint density at radius 3 is 2.28 bits per heavy atom. The topological polar surface area (TPSA) is 36.9 Å². The van der Waals surface area contributed by atoms with E-state index < -0.39 is 0 Å². The van der Waals surface area contributed by atoms with Crippen molar-refractivity contribution in [3.63, 3.8) is 0 Å². The second kappa shape index (κ2) is 13.6. The highest BCUT2D eigenvalue weighted by molar-refractivity contribution is 9.11. The van der Waals surface area contributed by atoms with Gasteiger partial charge in [-0.3, -0.25) is 0 Å². The van der Waals surface area contributed by atoms with Gasteiger partial charge in [-0.25, -0.2) is 0 Å². The first-order valence-corrected chi connectivity index (χ1v) is 14.9. The summed E-state index contributed by atoms with van der Waals surface area (Å²) < 4.78 is 24.0. The third-order valence-corrected chi connectivity index (χ3v) is 8.82.